The number of carbonyl (C=O) groups is 1. The number of anilines is 1. The highest BCUT2D eigenvalue weighted by atomic mass is 32.2. The van der Waals surface area contributed by atoms with Crippen molar-refractivity contribution in [3.63, 3.8) is 0 Å². The van der Waals surface area contributed by atoms with Crippen molar-refractivity contribution in [3.05, 3.63) is 48.3 Å². The first-order chi connectivity index (χ1) is 12.8. The molecule has 27 heavy (non-hydrogen) atoms. The highest BCUT2D eigenvalue weighted by Crippen LogP contribution is 2.32. The molecule has 0 atom stereocenters. The first kappa shape index (κ1) is 20.5. The average Bonchev–Trinajstić information content (AvgIpc) is 2.66. The lowest BCUT2D eigenvalue weighted by Crippen LogP contribution is -2.40. The molecule has 7 nitrogen and oxygen atoms in total. The summed E-state index contributed by atoms with van der Waals surface area (Å²) in [4.78, 5) is 12.0. The first-order valence-corrected chi connectivity index (χ1v) is 9.54. The summed E-state index contributed by atoms with van der Waals surface area (Å²) in [6, 6.07) is 8.97. The molecular weight excluding hydrogens is 375 g/mol. The predicted molar refractivity (Wildman–Crippen MR) is 99.2 cm³/mol. The molecule has 1 amide bonds. The number of nitrogens with one attached hydrogen (secondary N) is 1. The van der Waals surface area contributed by atoms with Gasteiger partial charge in [-0.15, -0.1) is 0 Å². The van der Waals surface area contributed by atoms with Crippen molar-refractivity contribution < 1.29 is 27.1 Å². The van der Waals surface area contributed by atoms with Crippen LogP contribution in [0.25, 0.3) is 0 Å². The Morgan fingerprint density at radius 1 is 1.07 bits per heavy atom. The summed E-state index contributed by atoms with van der Waals surface area (Å²) in [6.07, 6.45) is 0. The summed E-state index contributed by atoms with van der Waals surface area (Å²) < 4.78 is 50.8. The third-order valence-electron chi connectivity index (χ3n) is 3.72. The fourth-order valence-corrected chi connectivity index (χ4v) is 3.85. The van der Waals surface area contributed by atoms with Crippen LogP contribution in [0.4, 0.5) is 10.1 Å². The Kier molecular flexibility index (Phi) is 6.62. The van der Waals surface area contributed by atoms with Crippen LogP contribution in [0.15, 0.2) is 47.4 Å². The zero-order valence-corrected chi connectivity index (χ0v) is 16.0. The van der Waals surface area contributed by atoms with Gasteiger partial charge in [0.15, 0.2) is 11.5 Å². The SMILES string of the molecule is CCNC(=O)CN(c1ccc(F)cc1)S(=O)(=O)c1ccc(OC)c(OC)c1. The molecule has 2 aromatic carbocycles. The van der Waals surface area contributed by atoms with Gasteiger partial charge in [-0.25, -0.2) is 12.8 Å². The standard InChI is InChI=1S/C18H21FN2O5S/c1-4-20-18(22)12-21(14-7-5-13(19)6-8-14)27(23,24)15-9-10-16(25-2)17(11-15)26-3/h5-11H,4,12H2,1-3H3,(H,20,22). The number of hydrogen-bond donors (Lipinski definition) is 1. The quantitative estimate of drug-likeness (QED) is 0.739. The van der Waals surface area contributed by atoms with Gasteiger partial charge in [-0.3, -0.25) is 9.10 Å². The fraction of sp³-hybridized carbons (Fsp3) is 0.278. The lowest BCUT2D eigenvalue weighted by molar-refractivity contribution is -0.119. The van der Waals surface area contributed by atoms with Crippen molar-refractivity contribution in [3.8, 4) is 11.5 Å². The van der Waals surface area contributed by atoms with Gasteiger partial charge in [0.25, 0.3) is 10.0 Å². The van der Waals surface area contributed by atoms with Crippen LogP contribution in [0.3, 0.4) is 0 Å². The molecule has 0 spiro atoms. The Morgan fingerprint density at radius 3 is 2.26 bits per heavy atom. The molecule has 0 fully saturated rings. The molecule has 0 aliphatic heterocycles. The summed E-state index contributed by atoms with van der Waals surface area (Å²) in [5.74, 6) is -0.393. The molecule has 2 rings (SSSR count). The zero-order valence-electron chi connectivity index (χ0n) is 15.2. The number of rotatable bonds is 8. The zero-order chi connectivity index (χ0) is 20.0. The molecule has 146 valence electrons. The summed E-state index contributed by atoms with van der Waals surface area (Å²) in [7, 11) is -1.30. The minimum absolute atomic E-state index is 0.0891. The topological polar surface area (TPSA) is 84.9 Å². The highest BCUT2D eigenvalue weighted by molar-refractivity contribution is 7.92. The second kappa shape index (κ2) is 8.72. The van der Waals surface area contributed by atoms with Crippen molar-refractivity contribution in [2.45, 2.75) is 11.8 Å². The van der Waals surface area contributed by atoms with Gasteiger partial charge >= 0.3 is 0 Å². The third kappa shape index (κ3) is 4.68. The van der Waals surface area contributed by atoms with E-state index in [-0.39, 0.29) is 16.3 Å². The van der Waals surface area contributed by atoms with Crippen LogP contribution in [0.2, 0.25) is 0 Å². The maximum atomic E-state index is 13.3. The highest BCUT2D eigenvalue weighted by Gasteiger charge is 2.28. The largest absolute Gasteiger partial charge is 0.493 e. The third-order valence-corrected chi connectivity index (χ3v) is 5.49. The van der Waals surface area contributed by atoms with Crippen LogP contribution < -0.4 is 19.1 Å². The van der Waals surface area contributed by atoms with Crippen LogP contribution >= 0.6 is 0 Å². The number of hydrogen-bond acceptors (Lipinski definition) is 5. The minimum Gasteiger partial charge on any atom is -0.493 e. The Morgan fingerprint density at radius 2 is 1.70 bits per heavy atom. The van der Waals surface area contributed by atoms with Crippen LogP contribution in [0, 0.1) is 5.82 Å². The molecule has 0 saturated carbocycles. The molecule has 0 bridgehead atoms. The molecular formula is C18H21FN2O5S. The summed E-state index contributed by atoms with van der Waals surface area (Å²) in [6.45, 7) is 1.63. The number of likely N-dealkylation sites (N-methyl/N-ethyl adjacent to an activating group) is 1. The number of methoxy groups -OCH3 is 2. The maximum Gasteiger partial charge on any atom is 0.264 e. The van der Waals surface area contributed by atoms with E-state index in [1.165, 1.54) is 44.6 Å². The molecule has 0 aliphatic rings. The van der Waals surface area contributed by atoms with Crippen molar-refractivity contribution in [2.24, 2.45) is 0 Å². The van der Waals surface area contributed by atoms with Gasteiger partial charge < -0.3 is 14.8 Å². The van der Waals surface area contributed by atoms with Crippen molar-refractivity contribution in [2.75, 3.05) is 31.6 Å². The maximum absolute atomic E-state index is 13.3. The van der Waals surface area contributed by atoms with Crippen LogP contribution in [-0.2, 0) is 14.8 Å². The number of carbonyl (C=O) groups excluding carboxylic acids is 1. The second-order valence-corrected chi connectivity index (χ2v) is 7.32. The molecule has 1 N–H and O–H groups in total. The van der Waals surface area contributed by atoms with Gasteiger partial charge in [0.2, 0.25) is 5.91 Å². The minimum atomic E-state index is -4.12. The molecule has 9 heteroatoms. The first-order valence-electron chi connectivity index (χ1n) is 8.10. The van der Waals surface area contributed by atoms with Crippen molar-refractivity contribution in [1.82, 2.24) is 5.32 Å². The second-order valence-electron chi connectivity index (χ2n) is 5.46. The number of ether oxygens (including phenoxy) is 2. The Hall–Kier alpha value is -2.81. The van der Waals surface area contributed by atoms with Gasteiger partial charge in [-0.05, 0) is 43.3 Å². The van der Waals surface area contributed by atoms with E-state index in [9.17, 15) is 17.6 Å². The lowest BCUT2D eigenvalue weighted by atomic mass is 10.3. The summed E-state index contributed by atoms with van der Waals surface area (Å²) >= 11 is 0. The van der Waals surface area contributed by atoms with Crippen molar-refractivity contribution in [1.29, 1.82) is 0 Å². The van der Waals surface area contributed by atoms with E-state index in [0.717, 1.165) is 16.4 Å². The van der Waals surface area contributed by atoms with E-state index in [2.05, 4.69) is 5.32 Å². The Balaban J connectivity index is 2.52. The number of benzene rings is 2. The van der Waals surface area contributed by atoms with E-state index in [0.29, 0.717) is 12.3 Å². The van der Waals surface area contributed by atoms with Crippen LogP contribution in [-0.4, -0.2) is 41.6 Å². The van der Waals surface area contributed by atoms with E-state index in [1.54, 1.807) is 6.92 Å². The van der Waals surface area contributed by atoms with Crippen LogP contribution in [0.1, 0.15) is 6.92 Å². The van der Waals surface area contributed by atoms with Crippen molar-refractivity contribution >= 4 is 21.6 Å². The number of nitrogens with zero attached hydrogens (tertiary/aromatic N) is 1. The number of sulfonamides is 1. The monoisotopic (exact) mass is 396 g/mol. The van der Waals surface area contributed by atoms with Gasteiger partial charge in [-0.1, -0.05) is 0 Å². The van der Waals surface area contributed by atoms with E-state index in [1.807, 2.05) is 0 Å². The van der Waals surface area contributed by atoms with E-state index in [4.69, 9.17) is 9.47 Å². The average molecular weight is 396 g/mol. The molecule has 0 saturated heterocycles. The molecule has 0 radical (unpaired) electrons. The number of amides is 1. The normalized spacial score (nSPS) is 11.0. The Labute approximate surface area is 157 Å². The Bertz CT molecular complexity index is 900. The molecule has 0 heterocycles. The molecule has 0 aliphatic carbocycles. The van der Waals surface area contributed by atoms with Crippen LogP contribution in [0.5, 0.6) is 11.5 Å². The van der Waals surface area contributed by atoms with Gasteiger partial charge in [0, 0.05) is 12.6 Å². The molecule has 0 aromatic heterocycles. The van der Waals surface area contributed by atoms with E-state index < -0.39 is 28.3 Å². The number of halogens is 1. The summed E-state index contributed by atoms with van der Waals surface area (Å²) in [5.41, 5.74) is 0.164. The van der Waals surface area contributed by atoms with Gasteiger partial charge in [0.1, 0.15) is 12.4 Å². The fourth-order valence-electron chi connectivity index (χ4n) is 2.41. The molecule has 0 unspecified atom stereocenters. The smallest absolute Gasteiger partial charge is 0.264 e. The van der Waals surface area contributed by atoms with E-state index >= 15 is 0 Å². The molecule has 2 aromatic rings. The lowest BCUT2D eigenvalue weighted by Gasteiger charge is -2.24. The predicted octanol–water partition coefficient (Wildman–Crippen LogP) is 2.17. The van der Waals surface area contributed by atoms with Gasteiger partial charge in [-0.2, -0.15) is 0 Å². The summed E-state index contributed by atoms with van der Waals surface area (Å²) in [5, 5.41) is 2.56. The van der Waals surface area contributed by atoms with Gasteiger partial charge in [0.05, 0.1) is 24.8 Å².